The van der Waals surface area contributed by atoms with Crippen LogP contribution >= 0.6 is 34.8 Å². The number of allylic oxidation sites excluding steroid dienone is 1. The Hall–Kier alpha value is -2.50. The third kappa shape index (κ3) is 8.28. The van der Waals surface area contributed by atoms with Crippen molar-refractivity contribution in [3.8, 4) is 0 Å². The number of halogens is 10. The number of aryl methyl sites for hydroxylation is 1. The lowest BCUT2D eigenvalue weighted by Gasteiger charge is -2.19. The minimum atomic E-state index is -4.92. The molecule has 0 aliphatic carbocycles. The van der Waals surface area contributed by atoms with Gasteiger partial charge in [0.25, 0.3) is 5.91 Å². The standard InChI is InChI=1S/C22H16Cl3F7N2O2/c1-10-6-11(2-3-13(10)20(36)34-33-18(35)4-5-21(27,28)29)17(26)9-14(22(30,31)32)12-7-15(23)19(25)16(24)8-12/h2-3,6-9,14H,4-5H2,1H3,(H,33,35)(H,34,36)/b17-9-. The fraction of sp³-hybridized carbons (Fsp3) is 0.273. The summed E-state index contributed by atoms with van der Waals surface area (Å²) in [6.07, 6.45) is -11.5. The Morgan fingerprint density at radius 2 is 1.56 bits per heavy atom. The summed E-state index contributed by atoms with van der Waals surface area (Å²) in [5.74, 6) is -5.72. The second-order valence-electron chi connectivity index (χ2n) is 7.48. The van der Waals surface area contributed by atoms with Crippen molar-refractivity contribution < 1.29 is 40.3 Å². The van der Waals surface area contributed by atoms with Crippen molar-refractivity contribution in [2.24, 2.45) is 0 Å². The van der Waals surface area contributed by atoms with Crippen molar-refractivity contribution >= 4 is 52.4 Å². The Labute approximate surface area is 215 Å². The van der Waals surface area contributed by atoms with Gasteiger partial charge in [-0.1, -0.05) is 40.9 Å². The summed E-state index contributed by atoms with van der Waals surface area (Å²) < 4.78 is 92.3. The molecule has 0 aliphatic heterocycles. The van der Waals surface area contributed by atoms with Gasteiger partial charge < -0.3 is 0 Å². The highest BCUT2D eigenvalue weighted by Crippen LogP contribution is 2.42. The van der Waals surface area contributed by atoms with Crippen LogP contribution in [0.1, 0.15) is 45.8 Å². The Kier molecular flexibility index (Phi) is 9.66. The van der Waals surface area contributed by atoms with E-state index in [9.17, 15) is 40.3 Å². The summed E-state index contributed by atoms with van der Waals surface area (Å²) in [6, 6.07) is 5.02. The molecule has 2 aromatic carbocycles. The number of carbonyl (C=O) groups is 2. The molecule has 4 nitrogen and oxygen atoms in total. The van der Waals surface area contributed by atoms with E-state index in [-0.39, 0.29) is 31.8 Å². The molecule has 0 heterocycles. The lowest BCUT2D eigenvalue weighted by atomic mass is 9.95. The predicted octanol–water partition coefficient (Wildman–Crippen LogP) is 7.72. The molecule has 1 atom stereocenters. The molecule has 196 valence electrons. The van der Waals surface area contributed by atoms with Crippen LogP contribution < -0.4 is 10.9 Å². The largest absolute Gasteiger partial charge is 0.399 e. The summed E-state index contributed by atoms with van der Waals surface area (Å²) in [5, 5.41) is -0.661. The summed E-state index contributed by atoms with van der Waals surface area (Å²) in [5.41, 5.74) is 2.99. The maximum absolute atomic E-state index is 14.8. The highest BCUT2D eigenvalue weighted by atomic mass is 35.5. The number of hydrogen-bond donors (Lipinski definition) is 2. The SMILES string of the molecule is Cc1cc(/C(F)=C/C(c2cc(Cl)c(Cl)c(Cl)c2)C(F)(F)F)ccc1C(=O)NNC(=O)CCC(F)(F)F. The number of alkyl halides is 6. The Bertz CT molecular complexity index is 1160. The average Bonchev–Trinajstić information content (AvgIpc) is 2.76. The molecule has 36 heavy (non-hydrogen) atoms. The molecule has 0 spiro atoms. The first kappa shape index (κ1) is 29.7. The zero-order valence-corrected chi connectivity index (χ0v) is 20.3. The molecule has 2 N–H and O–H groups in total. The highest BCUT2D eigenvalue weighted by molar-refractivity contribution is 6.48. The van der Waals surface area contributed by atoms with Gasteiger partial charge in [-0.3, -0.25) is 20.4 Å². The molecule has 2 amide bonds. The van der Waals surface area contributed by atoms with E-state index in [1.807, 2.05) is 10.9 Å². The maximum Gasteiger partial charge on any atom is 0.399 e. The minimum absolute atomic E-state index is 0.105. The van der Waals surface area contributed by atoms with Crippen molar-refractivity contribution in [2.75, 3.05) is 0 Å². The van der Waals surface area contributed by atoms with Crippen LogP contribution in [0.4, 0.5) is 30.7 Å². The van der Waals surface area contributed by atoms with Crippen LogP contribution in [0.15, 0.2) is 36.4 Å². The average molecular weight is 580 g/mol. The molecule has 0 aromatic heterocycles. The number of nitrogens with one attached hydrogen (secondary N) is 2. The lowest BCUT2D eigenvalue weighted by Crippen LogP contribution is -2.42. The first-order valence-corrected chi connectivity index (χ1v) is 11.0. The van der Waals surface area contributed by atoms with E-state index < -0.39 is 54.3 Å². The van der Waals surface area contributed by atoms with Crippen LogP contribution in [0, 0.1) is 6.92 Å². The van der Waals surface area contributed by atoms with Crippen LogP contribution in [-0.4, -0.2) is 24.2 Å². The normalized spacial score (nSPS) is 13.4. The molecular weight excluding hydrogens is 564 g/mol. The molecular formula is C22H16Cl3F7N2O2. The number of hydrazine groups is 1. The maximum atomic E-state index is 14.8. The highest BCUT2D eigenvalue weighted by Gasteiger charge is 2.40. The fourth-order valence-electron chi connectivity index (χ4n) is 2.96. The van der Waals surface area contributed by atoms with Gasteiger partial charge in [0, 0.05) is 17.5 Å². The van der Waals surface area contributed by atoms with E-state index in [0.717, 1.165) is 30.3 Å². The van der Waals surface area contributed by atoms with Crippen molar-refractivity contribution in [1.82, 2.24) is 10.9 Å². The van der Waals surface area contributed by atoms with Gasteiger partial charge in [0.2, 0.25) is 5.91 Å². The molecule has 0 saturated heterocycles. The predicted molar refractivity (Wildman–Crippen MR) is 121 cm³/mol. The van der Waals surface area contributed by atoms with Crippen LogP contribution in [0.2, 0.25) is 15.1 Å². The first-order valence-electron chi connectivity index (χ1n) is 9.85. The van der Waals surface area contributed by atoms with Crippen molar-refractivity contribution in [2.45, 2.75) is 38.0 Å². The van der Waals surface area contributed by atoms with Gasteiger partial charge in [0.15, 0.2) is 0 Å². The van der Waals surface area contributed by atoms with Crippen LogP contribution in [0.5, 0.6) is 0 Å². The van der Waals surface area contributed by atoms with Crippen molar-refractivity contribution in [1.29, 1.82) is 0 Å². The molecule has 2 aromatic rings. The topological polar surface area (TPSA) is 58.2 Å². The lowest BCUT2D eigenvalue weighted by molar-refractivity contribution is -0.144. The van der Waals surface area contributed by atoms with Crippen LogP contribution in [0.25, 0.3) is 5.83 Å². The van der Waals surface area contributed by atoms with Gasteiger partial charge in [-0.2, -0.15) is 26.3 Å². The second-order valence-corrected chi connectivity index (χ2v) is 8.67. The van der Waals surface area contributed by atoms with E-state index in [4.69, 9.17) is 34.8 Å². The molecule has 2 rings (SSSR count). The van der Waals surface area contributed by atoms with E-state index >= 15 is 0 Å². The smallest absolute Gasteiger partial charge is 0.273 e. The zero-order chi connectivity index (χ0) is 27.4. The van der Waals surface area contributed by atoms with Gasteiger partial charge in [0.05, 0.1) is 21.5 Å². The molecule has 0 aliphatic rings. The fourth-order valence-corrected chi connectivity index (χ4v) is 3.57. The Morgan fingerprint density at radius 3 is 2.06 bits per heavy atom. The molecule has 14 heteroatoms. The van der Waals surface area contributed by atoms with E-state index in [2.05, 4.69) is 0 Å². The number of rotatable bonds is 6. The quantitative estimate of drug-likeness (QED) is 0.209. The first-order chi connectivity index (χ1) is 16.5. The zero-order valence-electron chi connectivity index (χ0n) is 18.1. The third-order valence-electron chi connectivity index (χ3n) is 4.73. The van der Waals surface area contributed by atoms with E-state index in [1.54, 1.807) is 0 Å². The number of benzene rings is 2. The van der Waals surface area contributed by atoms with Gasteiger partial charge in [0.1, 0.15) is 11.7 Å². The minimum Gasteiger partial charge on any atom is -0.273 e. The second kappa shape index (κ2) is 11.7. The van der Waals surface area contributed by atoms with Gasteiger partial charge >= 0.3 is 12.4 Å². The molecule has 0 radical (unpaired) electrons. The summed E-state index contributed by atoms with van der Waals surface area (Å²) in [6.45, 7) is 1.34. The van der Waals surface area contributed by atoms with Gasteiger partial charge in [-0.05, 0) is 48.4 Å². The monoisotopic (exact) mass is 578 g/mol. The van der Waals surface area contributed by atoms with Crippen molar-refractivity contribution in [3.63, 3.8) is 0 Å². The van der Waals surface area contributed by atoms with E-state index in [1.165, 1.54) is 6.92 Å². The molecule has 1 unspecified atom stereocenters. The summed E-state index contributed by atoms with van der Waals surface area (Å²) in [4.78, 5) is 23.6. The Morgan fingerprint density at radius 1 is 0.972 bits per heavy atom. The molecule has 0 bridgehead atoms. The number of carbonyl (C=O) groups excluding carboxylic acids is 2. The summed E-state index contributed by atoms with van der Waals surface area (Å²) >= 11 is 17.4. The van der Waals surface area contributed by atoms with Crippen LogP contribution in [-0.2, 0) is 4.79 Å². The van der Waals surface area contributed by atoms with E-state index in [0.29, 0.717) is 6.08 Å². The summed E-state index contributed by atoms with van der Waals surface area (Å²) in [7, 11) is 0. The van der Waals surface area contributed by atoms with Crippen molar-refractivity contribution in [3.05, 3.63) is 73.7 Å². The van der Waals surface area contributed by atoms with Crippen LogP contribution in [0.3, 0.4) is 0 Å². The number of hydrogen-bond acceptors (Lipinski definition) is 2. The van der Waals surface area contributed by atoms with Gasteiger partial charge in [-0.25, -0.2) is 4.39 Å². The third-order valence-corrected chi connectivity index (χ3v) is 5.93. The Balaban J connectivity index is 2.23. The molecule has 0 fully saturated rings. The molecule has 0 saturated carbocycles. The van der Waals surface area contributed by atoms with Gasteiger partial charge in [-0.15, -0.1) is 0 Å². The number of amides is 2.